The summed E-state index contributed by atoms with van der Waals surface area (Å²) < 4.78 is 34.7. The van der Waals surface area contributed by atoms with Crippen LogP contribution in [-0.4, -0.2) is 25.5 Å². The van der Waals surface area contributed by atoms with Crippen LogP contribution in [0.1, 0.15) is 25.4 Å². The molecule has 1 atom stereocenters. The molecule has 0 fully saturated rings. The second-order valence-electron chi connectivity index (χ2n) is 4.63. The topological polar surface area (TPSA) is 34.4 Å². The fourth-order valence-electron chi connectivity index (χ4n) is 1.64. The van der Waals surface area contributed by atoms with E-state index in [1.54, 1.807) is 13.2 Å². The fraction of sp³-hybridized carbons (Fsp3) is 0.692. The Morgan fingerprint density at radius 2 is 2.00 bits per heavy atom. The van der Waals surface area contributed by atoms with Crippen LogP contribution in [0.15, 0.2) is 16.5 Å². The van der Waals surface area contributed by atoms with Crippen molar-refractivity contribution in [1.29, 1.82) is 0 Å². The zero-order valence-corrected chi connectivity index (χ0v) is 12.3. The Morgan fingerprint density at radius 1 is 1.32 bits per heavy atom. The zero-order valence-electron chi connectivity index (χ0n) is 11.5. The third-order valence-corrected chi connectivity index (χ3v) is 3.46. The van der Waals surface area contributed by atoms with E-state index in [0.29, 0.717) is 36.6 Å². The Labute approximate surface area is 117 Å². The molecule has 0 aliphatic heterocycles. The van der Waals surface area contributed by atoms with E-state index >= 15 is 0 Å². The minimum Gasteiger partial charge on any atom is -0.464 e. The average molecular weight is 293 g/mol. The predicted molar refractivity (Wildman–Crippen MR) is 73.3 cm³/mol. The molecule has 0 radical (unpaired) electrons. The molecule has 0 saturated heterocycles. The highest BCUT2D eigenvalue weighted by Gasteiger charge is 2.13. The normalized spacial score (nSPS) is 13.4. The number of rotatable bonds is 9. The lowest BCUT2D eigenvalue weighted by Gasteiger charge is -2.20. The summed E-state index contributed by atoms with van der Waals surface area (Å²) in [5.41, 5.74) is 0. The number of furan rings is 1. The van der Waals surface area contributed by atoms with Crippen molar-refractivity contribution in [3.63, 3.8) is 0 Å². The Bertz CT molecular complexity index is 358. The quantitative estimate of drug-likeness (QED) is 0.755. The van der Waals surface area contributed by atoms with Crippen molar-refractivity contribution in [1.82, 2.24) is 5.32 Å². The van der Waals surface area contributed by atoms with Crippen molar-refractivity contribution in [2.24, 2.45) is 5.92 Å². The first kappa shape index (κ1) is 16.5. The van der Waals surface area contributed by atoms with Gasteiger partial charge in [-0.3, -0.25) is 0 Å². The van der Waals surface area contributed by atoms with Crippen molar-refractivity contribution in [2.75, 3.05) is 13.7 Å². The molecule has 1 N–H and O–H groups in total. The van der Waals surface area contributed by atoms with Gasteiger partial charge in [-0.15, -0.1) is 0 Å². The number of hydrogen-bond acceptors (Lipinski definition) is 4. The van der Waals surface area contributed by atoms with Gasteiger partial charge in [-0.05, 0) is 18.1 Å². The van der Waals surface area contributed by atoms with Gasteiger partial charge in [0.25, 0.3) is 5.76 Å². The Morgan fingerprint density at radius 3 is 2.58 bits per heavy atom. The maximum atomic E-state index is 12.0. The molecule has 1 heterocycles. The van der Waals surface area contributed by atoms with Crippen LogP contribution >= 0.6 is 11.8 Å². The number of thioether (sulfide) groups is 1. The van der Waals surface area contributed by atoms with E-state index in [9.17, 15) is 8.78 Å². The summed E-state index contributed by atoms with van der Waals surface area (Å²) in [7, 11) is 1.67. The standard InChI is InChI=1S/C13H21F2NO2S/c1-9(2)12(7-17-3)16-6-10-4-5-11(18-10)8-19-13(14)15/h4-5,9,12-13,16H,6-8H2,1-3H3. The second-order valence-corrected chi connectivity index (χ2v) is 5.60. The molecule has 1 aromatic rings. The number of methoxy groups -OCH3 is 1. The average Bonchev–Trinajstić information content (AvgIpc) is 2.79. The van der Waals surface area contributed by atoms with Crippen LogP contribution in [-0.2, 0) is 17.0 Å². The van der Waals surface area contributed by atoms with Gasteiger partial charge in [-0.2, -0.15) is 8.78 Å². The van der Waals surface area contributed by atoms with E-state index in [4.69, 9.17) is 9.15 Å². The summed E-state index contributed by atoms with van der Waals surface area (Å²) in [4.78, 5) is 0. The summed E-state index contributed by atoms with van der Waals surface area (Å²) in [5.74, 6) is -0.382. The number of alkyl halides is 2. The van der Waals surface area contributed by atoms with Gasteiger partial charge in [0.1, 0.15) is 11.5 Å². The molecular weight excluding hydrogens is 272 g/mol. The van der Waals surface area contributed by atoms with Gasteiger partial charge in [0.05, 0.1) is 18.9 Å². The number of halogens is 2. The summed E-state index contributed by atoms with van der Waals surface area (Å²) in [5, 5.41) is 3.34. The van der Waals surface area contributed by atoms with Gasteiger partial charge in [0.2, 0.25) is 0 Å². The maximum Gasteiger partial charge on any atom is 0.284 e. The highest BCUT2D eigenvalue weighted by Crippen LogP contribution is 2.21. The SMILES string of the molecule is COCC(NCc1ccc(CSC(F)F)o1)C(C)C. The third-order valence-electron chi connectivity index (χ3n) is 2.76. The van der Waals surface area contributed by atoms with E-state index in [2.05, 4.69) is 19.2 Å². The Kier molecular flexibility index (Phi) is 7.41. The highest BCUT2D eigenvalue weighted by molar-refractivity contribution is 7.98. The van der Waals surface area contributed by atoms with Crippen LogP contribution in [0.25, 0.3) is 0 Å². The van der Waals surface area contributed by atoms with Crippen LogP contribution in [0.3, 0.4) is 0 Å². The molecule has 3 nitrogen and oxygen atoms in total. The van der Waals surface area contributed by atoms with Crippen LogP contribution < -0.4 is 5.32 Å². The Hall–Kier alpha value is -0.590. The van der Waals surface area contributed by atoms with E-state index in [0.717, 1.165) is 5.76 Å². The second kappa shape index (κ2) is 8.55. The predicted octanol–water partition coefficient (Wildman–Crippen LogP) is 3.50. The van der Waals surface area contributed by atoms with E-state index in [-0.39, 0.29) is 11.8 Å². The molecule has 1 rings (SSSR count). The van der Waals surface area contributed by atoms with Crippen molar-refractivity contribution in [3.05, 3.63) is 23.7 Å². The van der Waals surface area contributed by atoms with Gasteiger partial charge < -0.3 is 14.5 Å². The van der Waals surface area contributed by atoms with Crippen LogP contribution in [0.5, 0.6) is 0 Å². The molecule has 0 aromatic carbocycles. The maximum absolute atomic E-state index is 12.0. The minimum atomic E-state index is -2.36. The zero-order chi connectivity index (χ0) is 14.3. The molecule has 19 heavy (non-hydrogen) atoms. The molecule has 6 heteroatoms. The van der Waals surface area contributed by atoms with E-state index in [1.165, 1.54) is 0 Å². The molecule has 0 aliphatic rings. The smallest absolute Gasteiger partial charge is 0.284 e. The lowest BCUT2D eigenvalue weighted by atomic mass is 10.1. The summed E-state index contributed by atoms with van der Waals surface area (Å²) in [6.07, 6.45) is 0. The van der Waals surface area contributed by atoms with Gasteiger partial charge >= 0.3 is 0 Å². The molecule has 1 aromatic heterocycles. The highest BCUT2D eigenvalue weighted by atomic mass is 32.2. The van der Waals surface area contributed by atoms with Crippen molar-refractivity contribution in [3.8, 4) is 0 Å². The number of hydrogen-bond donors (Lipinski definition) is 1. The summed E-state index contributed by atoms with van der Waals surface area (Å²) >= 11 is 0.568. The van der Waals surface area contributed by atoms with Gasteiger partial charge in [0, 0.05) is 13.2 Å². The fourth-order valence-corrected chi connectivity index (χ4v) is 2.08. The first-order valence-corrected chi connectivity index (χ1v) is 7.27. The summed E-state index contributed by atoms with van der Waals surface area (Å²) in [6.45, 7) is 5.44. The molecular formula is C13H21F2NO2S. The van der Waals surface area contributed by atoms with Gasteiger partial charge in [-0.25, -0.2) is 0 Å². The van der Waals surface area contributed by atoms with Crippen LogP contribution in [0, 0.1) is 5.92 Å². The number of nitrogens with one attached hydrogen (secondary N) is 1. The molecule has 0 amide bonds. The molecule has 110 valence electrons. The number of ether oxygens (including phenoxy) is 1. The first-order valence-electron chi connectivity index (χ1n) is 6.22. The van der Waals surface area contributed by atoms with Crippen molar-refractivity contribution in [2.45, 2.75) is 37.9 Å². The minimum absolute atomic E-state index is 0.198. The van der Waals surface area contributed by atoms with Gasteiger partial charge in [-0.1, -0.05) is 25.6 Å². The largest absolute Gasteiger partial charge is 0.464 e. The monoisotopic (exact) mass is 293 g/mol. The van der Waals surface area contributed by atoms with Gasteiger partial charge in [0.15, 0.2) is 0 Å². The molecule has 1 unspecified atom stereocenters. The molecule has 0 spiro atoms. The molecule has 0 bridgehead atoms. The first-order chi connectivity index (χ1) is 9.02. The molecule has 0 aliphatic carbocycles. The lowest BCUT2D eigenvalue weighted by Crippen LogP contribution is -2.37. The summed E-state index contributed by atoms with van der Waals surface area (Å²) in [6, 6.07) is 3.81. The third kappa shape index (κ3) is 6.40. The van der Waals surface area contributed by atoms with Crippen LogP contribution in [0.2, 0.25) is 0 Å². The lowest BCUT2D eigenvalue weighted by molar-refractivity contribution is 0.145. The Balaban J connectivity index is 2.40. The van der Waals surface area contributed by atoms with Crippen molar-refractivity contribution < 1.29 is 17.9 Å². The van der Waals surface area contributed by atoms with Crippen LogP contribution in [0.4, 0.5) is 8.78 Å². The van der Waals surface area contributed by atoms with Crippen molar-refractivity contribution >= 4 is 11.8 Å². The van der Waals surface area contributed by atoms with E-state index < -0.39 is 5.76 Å². The molecule has 0 saturated carbocycles. The van der Waals surface area contributed by atoms with E-state index in [1.807, 2.05) is 6.07 Å².